The highest BCUT2D eigenvalue weighted by molar-refractivity contribution is 7.80. The highest BCUT2D eigenvalue weighted by Crippen LogP contribution is 2.30. The molecule has 2 amide bonds. The van der Waals surface area contributed by atoms with E-state index in [9.17, 15) is 9.59 Å². The fraction of sp³-hybridized carbons (Fsp3) is 0.208. The van der Waals surface area contributed by atoms with Gasteiger partial charge in [0.25, 0.3) is 5.91 Å². The number of benzene rings is 2. The van der Waals surface area contributed by atoms with Crippen LogP contribution in [0.2, 0.25) is 0 Å². The molecule has 0 bridgehead atoms. The van der Waals surface area contributed by atoms with Crippen LogP contribution >= 0.6 is 12.2 Å². The lowest BCUT2D eigenvalue weighted by atomic mass is 10.1. The first-order valence-corrected chi connectivity index (χ1v) is 10.6. The van der Waals surface area contributed by atoms with Crippen LogP contribution in [-0.2, 0) is 20.9 Å². The Balaban J connectivity index is 1.67. The summed E-state index contributed by atoms with van der Waals surface area (Å²) in [7, 11) is 3.38. The zero-order valence-corrected chi connectivity index (χ0v) is 18.8. The summed E-state index contributed by atoms with van der Waals surface area (Å²) in [6.45, 7) is 1.09. The number of rotatable bonds is 7. The van der Waals surface area contributed by atoms with Crippen LogP contribution in [0.4, 0.5) is 5.69 Å². The Kier molecular flexibility index (Phi) is 6.34. The molecule has 0 radical (unpaired) electrons. The van der Waals surface area contributed by atoms with E-state index in [0.29, 0.717) is 24.0 Å². The molecule has 3 aromatic rings. The number of hydrogen-bond donors (Lipinski definition) is 1. The summed E-state index contributed by atoms with van der Waals surface area (Å²) in [6.07, 6.45) is 3.72. The van der Waals surface area contributed by atoms with Gasteiger partial charge in [-0.15, -0.1) is 0 Å². The molecule has 1 N–H and O–H groups in total. The van der Waals surface area contributed by atoms with Crippen LogP contribution in [0, 0.1) is 0 Å². The number of anilines is 1. The number of para-hydroxylation sites is 2. The van der Waals surface area contributed by atoms with Gasteiger partial charge in [0, 0.05) is 43.4 Å². The van der Waals surface area contributed by atoms with Crippen molar-refractivity contribution in [3.63, 3.8) is 0 Å². The minimum Gasteiger partial charge on any atom is -0.383 e. The molecule has 0 spiro atoms. The molecule has 4 rings (SSSR count). The fourth-order valence-corrected chi connectivity index (χ4v) is 4.02. The number of carbonyl (C=O) groups is 2. The van der Waals surface area contributed by atoms with Gasteiger partial charge in [-0.1, -0.05) is 36.4 Å². The Morgan fingerprint density at radius 3 is 2.59 bits per heavy atom. The zero-order valence-electron chi connectivity index (χ0n) is 17.9. The summed E-state index contributed by atoms with van der Waals surface area (Å²) in [5, 5.41) is 4.22. The van der Waals surface area contributed by atoms with E-state index in [-0.39, 0.29) is 18.4 Å². The normalized spacial score (nSPS) is 15.2. The highest BCUT2D eigenvalue weighted by Gasteiger charge is 2.36. The number of thiocarbonyl (C=S) groups is 1. The number of nitrogens with one attached hydrogen (secondary N) is 1. The second-order valence-electron chi connectivity index (χ2n) is 7.42. The molecular formula is C24H24N4O3S. The van der Waals surface area contributed by atoms with Gasteiger partial charge in [-0.05, 0) is 36.5 Å². The third-order valence-corrected chi connectivity index (χ3v) is 5.79. The minimum atomic E-state index is -0.183. The van der Waals surface area contributed by atoms with E-state index in [1.165, 1.54) is 4.90 Å². The molecule has 2 aromatic carbocycles. The number of fused-ring (bicyclic) bond motifs is 1. The van der Waals surface area contributed by atoms with Gasteiger partial charge in [-0.25, -0.2) is 0 Å². The number of likely N-dealkylation sites (N-methyl/N-ethyl adjacent to an activating group) is 1. The molecular weight excluding hydrogens is 424 g/mol. The second-order valence-corrected chi connectivity index (χ2v) is 7.78. The average molecular weight is 449 g/mol. The van der Waals surface area contributed by atoms with Gasteiger partial charge < -0.3 is 19.5 Å². The van der Waals surface area contributed by atoms with Crippen molar-refractivity contribution in [1.82, 2.24) is 14.8 Å². The first-order valence-electron chi connectivity index (χ1n) is 10.2. The van der Waals surface area contributed by atoms with Crippen LogP contribution in [0.5, 0.6) is 0 Å². The molecule has 0 saturated carbocycles. The lowest BCUT2D eigenvalue weighted by Crippen LogP contribution is -2.30. The maximum Gasteiger partial charge on any atom is 0.281 e. The lowest BCUT2D eigenvalue weighted by Gasteiger charge is -2.16. The topological polar surface area (TPSA) is 66.8 Å². The van der Waals surface area contributed by atoms with Crippen molar-refractivity contribution in [2.45, 2.75) is 6.54 Å². The molecule has 1 aromatic heterocycles. The molecule has 2 heterocycles. The third-order valence-electron chi connectivity index (χ3n) is 5.33. The van der Waals surface area contributed by atoms with E-state index in [4.69, 9.17) is 17.0 Å². The average Bonchev–Trinajstić information content (AvgIpc) is 3.24. The zero-order chi connectivity index (χ0) is 22.7. The highest BCUT2D eigenvalue weighted by atomic mass is 32.1. The van der Waals surface area contributed by atoms with Gasteiger partial charge in [0.2, 0.25) is 5.91 Å². The van der Waals surface area contributed by atoms with Crippen LogP contribution in [-0.4, -0.2) is 53.7 Å². The monoisotopic (exact) mass is 448 g/mol. The summed E-state index contributed by atoms with van der Waals surface area (Å²) in [6, 6.07) is 17.2. The summed E-state index contributed by atoms with van der Waals surface area (Å²) in [4.78, 5) is 28.8. The Morgan fingerprint density at radius 1 is 1.12 bits per heavy atom. The van der Waals surface area contributed by atoms with Crippen molar-refractivity contribution in [2.24, 2.45) is 0 Å². The predicted molar refractivity (Wildman–Crippen MR) is 129 cm³/mol. The number of ether oxygens (including phenoxy) is 1. The quantitative estimate of drug-likeness (QED) is 0.342. The van der Waals surface area contributed by atoms with Crippen molar-refractivity contribution in [2.75, 3.05) is 32.2 Å². The first-order chi connectivity index (χ1) is 15.5. The van der Waals surface area contributed by atoms with Crippen LogP contribution in [0.3, 0.4) is 0 Å². The van der Waals surface area contributed by atoms with Crippen molar-refractivity contribution < 1.29 is 14.3 Å². The Morgan fingerprint density at radius 2 is 1.84 bits per heavy atom. The molecule has 32 heavy (non-hydrogen) atoms. The van der Waals surface area contributed by atoms with Gasteiger partial charge in [-0.2, -0.15) is 0 Å². The second kappa shape index (κ2) is 9.33. The molecule has 1 fully saturated rings. The molecule has 1 aliphatic rings. The van der Waals surface area contributed by atoms with Crippen LogP contribution in [0.25, 0.3) is 17.0 Å². The van der Waals surface area contributed by atoms with E-state index >= 15 is 0 Å². The summed E-state index contributed by atoms with van der Waals surface area (Å²) < 4.78 is 6.87. The first kappa shape index (κ1) is 21.7. The molecule has 0 atom stereocenters. The summed E-state index contributed by atoms with van der Waals surface area (Å²) >= 11 is 5.55. The number of aromatic nitrogens is 1. The van der Waals surface area contributed by atoms with Crippen molar-refractivity contribution in [1.29, 1.82) is 0 Å². The van der Waals surface area contributed by atoms with E-state index < -0.39 is 0 Å². The Bertz CT molecular complexity index is 1200. The largest absolute Gasteiger partial charge is 0.383 e. The standard InChI is InChI=1S/C24H24N4O3S/c1-26-21(23(30)28(24(26)32)18-8-4-3-5-9-18)14-17-15-27(16-22(29)25-12-13-31-2)20-11-7-6-10-19(17)20/h3-11,14-15H,12-13,16H2,1-2H3,(H,25,29)/b21-14+. The molecule has 1 saturated heterocycles. The van der Waals surface area contributed by atoms with E-state index in [1.807, 2.05) is 71.4 Å². The number of hydrogen-bond acceptors (Lipinski definition) is 4. The molecule has 8 heteroatoms. The van der Waals surface area contributed by atoms with Gasteiger partial charge in [0.05, 0.1) is 12.3 Å². The third kappa shape index (κ3) is 4.15. The molecule has 1 aliphatic heterocycles. The van der Waals surface area contributed by atoms with Crippen molar-refractivity contribution in [3.8, 4) is 0 Å². The van der Waals surface area contributed by atoms with Crippen molar-refractivity contribution in [3.05, 3.63) is 72.1 Å². The number of amides is 2. The van der Waals surface area contributed by atoms with Gasteiger partial charge in [0.1, 0.15) is 12.2 Å². The SMILES string of the molecule is COCCNC(=O)Cn1cc(/C=C2\C(=O)N(c3ccccc3)C(=S)N2C)c2ccccc21. The van der Waals surface area contributed by atoms with E-state index in [1.54, 1.807) is 19.1 Å². The van der Waals surface area contributed by atoms with E-state index in [2.05, 4.69) is 5.32 Å². The summed E-state index contributed by atoms with van der Waals surface area (Å²) in [5.74, 6) is -0.287. The van der Waals surface area contributed by atoms with Crippen LogP contribution in [0.1, 0.15) is 5.56 Å². The van der Waals surface area contributed by atoms with Crippen molar-refractivity contribution >= 4 is 51.8 Å². The smallest absolute Gasteiger partial charge is 0.281 e. The molecule has 164 valence electrons. The summed E-state index contributed by atoms with van der Waals surface area (Å²) in [5.41, 5.74) is 2.97. The molecule has 7 nitrogen and oxygen atoms in total. The Hall–Kier alpha value is -3.49. The van der Waals surface area contributed by atoms with Gasteiger partial charge >= 0.3 is 0 Å². The maximum absolute atomic E-state index is 13.2. The number of methoxy groups -OCH3 is 1. The lowest BCUT2D eigenvalue weighted by molar-refractivity contribution is -0.121. The fourth-order valence-electron chi connectivity index (χ4n) is 3.73. The Labute approximate surface area is 191 Å². The number of nitrogens with zero attached hydrogens (tertiary/aromatic N) is 3. The van der Waals surface area contributed by atoms with E-state index in [0.717, 1.165) is 22.2 Å². The van der Waals surface area contributed by atoms with Gasteiger partial charge in [-0.3, -0.25) is 14.5 Å². The maximum atomic E-state index is 13.2. The minimum absolute atomic E-state index is 0.104. The number of carbonyl (C=O) groups excluding carboxylic acids is 2. The van der Waals surface area contributed by atoms with Gasteiger partial charge in [0.15, 0.2) is 5.11 Å². The van der Waals surface area contributed by atoms with Crippen LogP contribution < -0.4 is 10.2 Å². The molecule has 0 unspecified atom stereocenters. The molecule has 0 aliphatic carbocycles. The van der Waals surface area contributed by atoms with Crippen LogP contribution in [0.15, 0.2) is 66.5 Å². The predicted octanol–water partition coefficient (Wildman–Crippen LogP) is 3.01.